The minimum atomic E-state index is 0.202. The van der Waals surface area contributed by atoms with Gasteiger partial charge in [0, 0.05) is 18.6 Å². The molecule has 0 bridgehead atoms. The second-order valence-electron chi connectivity index (χ2n) is 5.01. The molecule has 1 unspecified atom stereocenters. The molecule has 2 nitrogen and oxygen atoms in total. The molecule has 2 rings (SSSR count). The minimum Gasteiger partial charge on any atom is -0.381 e. The van der Waals surface area contributed by atoms with E-state index in [-0.39, 0.29) is 5.41 Å². The number of benzene rings is 1. The molecule has 1 aromatic carbocycles. The highest BCUT2D eigenvalue weighted by molar-refractivity contribution is 6.42. The topological polar surface area (TPSA) is 21.3 Å². The Balaban J connectivity index is 2.10. The summed E-state index contributed by atoms with van der Waals surface area (Å²) in [5, 5.41) is 4.68. The van der Waals surface area contributed by atoms with Crippen molar-refractivity contribution >= 4 is 23.2 Å². The number of nitrogens with one attached hydrogen (secondary N) is 1. The van der Waals surface area contributed by atoms with E-state index >= 15 is 0 Å². The molecule has 1 aliphatic heterocycles. The molecule has 1 saturated heterocycles. The number of ether oxygens (including phenoxy) is 1. The molecule has 4 heteroatoms. The molecule has 0 amide bonds. The Morgan fingerprint density at radius 2 is 2.17 bits per heavy atom. The summed E-state index contributed by atoms with van der Waals surface area (Å²) in [6.45, 7) is 5.78. The van der Waals surface area contributed by atoms with Gasteiger partial charge in [-0.3, -0.25) is 0 Å². The Hall–Kier alpha value is -0.280. The van der Waals surface area contributed by atoms with Crippen molar-refractivity contribution < 1.29 is 4.74 Å². The van der Waals surface area contributed by atoms with Gasteiger partial charge in [-0.1, -0.05) is 36.2 Å². The van der Waals surface area contributed by atoms with E-state index in [1.54, 1.807) is 0 Å². The van der Waals surface area contributed by atoms with Gasteiger partial charge < -0.3 is 10.1 Å². The summed E-state index contributed by atoms with van der Waals surface area (Å²) < 4.78 is 5.58. The van der Waals surface area contributed by atoms with Gasteiger partial charge in [0.25, 0.3) is 0 Å². The van der Waals surface area contributed by atoms with Crippen molar-refractivity contribution in [1.29, 1.82) is 0 Å². The fourth-order valence-electron chi connectivity index (χ4n) is 2.46. The molecule has 0 aliphatic carbocycles. The molecule has 0 saturated carbocycles. The van der Waals surface area contributed by atoms with Crippen molar-refractivity contribution in [3.05, 3.63) is 33.8 Å². The quantitative estimate of drug-likeness (QED) is 0.894. The van der Waals surface area contributed by atoms with E-state index in [1.807, 2.05) is 12.1 Å². The maximum atomic E-state index is 6.07. The predicted molar refractivity (Wildman–Crippen MR) is 76.6 cm³/mol. The lowest BCUT2D eigenvalue weighted by atomic mass is 9.81. The lowest BCUT2D eigenvalue weighted by molar-refractivity contribution is 0.149. The Kier molecular flexibility index (Phi) is 4.91. The Morgan fingerprint density at radius 3 is 2.78 bits per heavy atom. The van der Waals surface area contributed by atoms with Crippen LogP contribution in [0.4, 0.5) is 0 Å². The molecule has 1 N–H and O–H groups in total. The fraction of sp³-hybridized carbons (Fsp3) is 0.571. The highest BCUT2D eigenvalue weighted by atomic mass is 35.5. The van der Waals surface area contributed by atoms with Crippen LogP contribution in [0.3, 0.4) is 0 Å². The van der Waals surface area contributed by atoms with Gasteiger partial charge in [-0.2, -0.15) is 0 Å². The second kappa shape index (κ2) is 6.25. The molecule has 1 heterocycles. The van der Waals surface area contributed by atoms with Crippen LogP contribution in [0.15, 0.2) is 18.2 Å². The van der Waals surface area contributed by atoms with Gasteiger partial charge in [0.05, 0.1) is 16.7 Å². The first-order chi connectivity index (χ1) is 8.65. The van der Waals surface area contributed by atoms with Gasteiger partial charge in [0.15, 0.2) is 0 Å². The molecule has 1 aliphatic rings. The van der Waals surface area contributed by atoms with E-state index in [2.05, 4.69) is 18.3 Å². The van der Waals surface area contributed by atoms with Gasteiger partial charge in [0.2, 0.25) is 0 Å². The van der Waals surface area contributed by atoms with Gasteiger partial charge in [-0.05, 0) is 37.1 Å². The number of hydrogen-bond acceptors (Lipinski definition) is 2. The zero-order valence-electron chi connectivity index (χ0n) is 10.6. The first-order valence-corrected chi connectivity index (χ1v) is 7.13. The number of halogens is 2. The molecular weight excluding hydrogens is 269 g/mol. The Labute approximate surface area is 119 Å². The van der Waals surface area contributed by atoms with Crippen molar-refractivity contribution in [3.8, 4) is 0 Å². The molecular formula is C14H19Cl2NO. The maximum absolute atomic E-state index is 6.07. The third-order valence-electron chi connectivity index (χ3n) is 3.50. The highest BCUT2D eigenvalue weighted by Crippen LogP contribution is 2.33. The summed E-state index contributed by atoms with van der Waals surface area (Å²) in [5.74, 6) is 0. The van der Waals surface area contributed by atoms with E-state index in [4.69, 9.17) is 27.9 Å². The van der Waals surface area contributed by atoms with E-state index < -0.39 is 0 Å². The number of rotatable bonds is 5. The van der Waals surface area contributed by atoms with Crippen LogP contribution < -0.4 is 5.32 Å². The Bertz CT molecular complexity index is 403. The first kappa shape index (κ1) is 14.1. The van der Waals surface area contributed by atoms with Crippen molar-refractivity contribution in [1.82, 2.24) is 5.32 Å². The molecule has 0 radical (unpaired) electrons. The monoisotopic (exact) mass is 287 g/mol. The van der Waals surface area contributed by atoms with Crippen molar-refractivity contribution in [2.75, 3.05) is 26.3 Å². The largest absolute Gasteiger partial charge is 0.381 e. The Morgan fingerprint density at radius 1 is 1.33 bits per heavy atom. The second-order valence-corrected chi connectivity index (χ2v) is 5.82. The average Bonchev–Trinajstić information content (AvgIpc) is 2.80. The molecule has 0 spiro atoms. The average molecular weight is 288 g/mol. The van der Waals surface area contributed by atoms with Crippen molar-refractivity contribution in [2.45, 2.75) is 19.8 Å². The van der Waals surface area contributed by atoms with Crippen LogP contribution in [0.1, 0.15) is 18.9 Å². The van der Waals surface area contributed by atoms with Crippen LogP contribution in [-0.2, 0) is 11.2 Å². The van der Waals surface area contributed by atoms with E-state index in [0.717, 1.165) is 39.1 Å². The van der Waals surface area contributed by atoms with Crippen molar-refractivity contribution in [3.63, 3.8) is 0 Å². The number of hydrogen-bond donors (Lipinski definition) is 1. The summed E-state index contributed by atoms with van der Waals surface area (Å²) >= 11 is 12.0. The summed E-state index contributed by atoms with van der Waals surface area (Å²) in [4.78, 5) is 0. The molecule has 1 aromatic rings. The summed E-state index contributed by atoms with van der Waals surface area (Å²) in [7, 11) is 0. The SMILES string of the molecule is CCNCC1(Cc2ccc(Cl)c(Cl)c2)CCOC1. The zero-order chi connectivity index (χ0) is 13.0. The van der Waals surface area contributed by atoms with Gasteiger partial charge in [0.1, 0.15) is 0 Å². The molecule has 100 valence electrons. The van der Waals surface area contributed by atoms with Crippen LogP contribution >= 0.6 is 23.2 Å². The molecule has 0 aromatic heterocycles. The summed E-state index contributed by atoms with van der Waals surface area (Å²) in [6, 6.07) is 5.89. The van der Waals surface area contributed by atoms with Gasteiger partial charge in [-0.15, -0.1) is 0 Å². The smallest absolute Gasteiger partial charge is 0.0595 e. The summed E-state index contributed by atoms with van der Waals surface area (Å²) in [5.41, 5.74) is 1.43. The van der Waals surface area contributed by atoms with Crippen LogP contribution in [0, 0.1) is 5.41 Å². The normalized spacial score (nSPS) is 23.5. The highest BCUT2D eigenvalue weighted by Gasteiger charge is 2.34. The lowest BCUT2D eigenvalue weighted by Gasteiger charge is -2.28. The van der Waals surface area contributed by atoms with E-state index in [0.29, 0.717) is 10.0 Å². The van der Waals surface area contributed by atoms with Crippen LogP contribution in [-0.4, -0.2) is 26.3 Å². The molecule has 1 atom stereocenters. The fourth-order valence-corrected chi connectivity index (χ4v) is 2.78. The minimum absolute atomic E-state index is 0.202. The standard InChI is InChI=1S/C14H19Cl2NO/c1-2-17-9-14(5-6-18-10-14)8-11-3-4-12(15)13(16)7-11/h3-4,7,17H,2,5-6,8-10H2,1H3. The van der Waals surface area contributed by atoms with Crippen LogP contribution in [0.25, 0.3) is 0 Å². The van der Waals surface area contributed by atoms with E-state index in [9.17, 15) is 0 Å². The molecule has 1 fully saturated rings. The third kappa shape index (κ3) is 3.39. The molecule has 18 heavy (non-hydrogen) atoms. The van der Waals surface area contributed by atoms with Gasteiger partial charge in [-0.25, -0.2) is 0 Å². The third-order valence-corrected chi connectivity index (χ3v) is 4.24. The van der Waals surface area contributed by atoms with Crippen molar-refractivity contribution in [2.24, 2.45) is 5.41 Å². The maximum Gasteiger partial charge on any atom is 0.0595 e. The summed E-state index contributed by atoms with van der Waals surface area (Å²) in [6.07, 6.45) is 2.08. The predicted octanol–water partition coefficient (Wildman–Crippen LogP) is 3.55. The van der Waals surface area contributed by atoms with E-state index in [1.165, 1.54) is 5.56 Å². The van der Waals surface area contributed by atoms with Crippen LogP contribution in [0.5, 0.6) is 0 Å². The first-order valence-electron chi connectivity index (χ1n) is 6.38. The van der Waals surface area contributed by atoms with Crippen LogP contribution in [0.2, 0.25) is 10.0 Å². The lowest BCUT2D eigenvalue weighted by Crippen LogP contribution is -2.36. The zero-order valence-corrected chi connectivity index (χ0v) is 12.2. The van der Waals surface area contributed by atoms with Gasteiger partial charge >= 0.3 is 0 Å².